The average molecular weight is 349 g/mol. The standard InChI is InChI=1S/C20H23N5O/c26-20(23-15-4-2-1-3-5-15)12-25-16-8-17(25)11-24(10-16)19-9-18(14-6-7-14)21-13-22-19/h1-5,9,13-14,16-17H,6-8,10-12H2,(H,23,26). The number of rotatable bonds is 5. The van der Waals surface area contributed by atoms with Gasteiger partial charge in [0.25, 0.3) is 0 Å². The summed E-state index contributed by atoms with van der Waals surface area (Å²) in [5, 5.41) is 2.99. The molecule has 6 rings (SSSR count). The Bertz CT molecular complexity index is 795. The van der Waals surface area contributed by atoms with Gasteiger partial charge in [-0.3, -0.25) is 9.69 Å². The van der Waals surface area contributed by atoms with Crippen LogP contribution in [0, 0.1) is 0 Å². The SMILES string of the molecule is O=C(CN1C2CC1CN(c1cc(C3CC3)ncn1)C2)Nc1ccccc1. The second-order valence-electron chi connectivity index (χ2n) is 7.61. The van der Waals surface area contributed by atoms with Gasteiger partial charge in [-0.05, 0) is 31.4 Å². The van der Waals surface area contributed by atoms with Gasteiger partial charge in [-0.1, -0.05) is 18.2 Å². The number of anilines is 2. The molecule has 1 aromatic carbocycles. The van der Waals surface area contributed by atoms with Gasteiger partial charge in [0, 0.05) is 48.5 Å². The van der Waals surface area contributed by atoms with Crippen molar-refractivity contribution in [2.75, 3.05) is 29.9 Å². The summed E-state index contributed by atoms with van der Waals surface area (Å²) in [6, 6.07) is 12.7. The molecule has 2 unspecified atom stereocenters. The molecule has 6 nitrogen and oxygen atoms in total. The Morgan fingerprint density at radius 2 is 1.88 bits per heavy atom. The van der Waals surface area contributed by atoms with E-state index < -0.39 is 0 Å². The maximum Gasteiger partial charge on any atom is 0.238 e. The quantitative estimate of drug-likeness (QED) is 0.897. The van der Waals surface area contributed by atoms with Gasteiger partial charge in [0.1, 0.15) is 12.1 Å². The van der Waals surface area contributed by atoms with Gasteiger partial charge < -0.3 is 10.2 Å². The summed E-state index contributed by atoms with van der Waals surface area (Å²) >= 11 is 0. The van der Waals surface area contributed by atoms with Crippen LogP contribution < -0.4 is 10.2 Å². The summed E-state index contributed by atoms with van der Waals surface area (Å²) in [4.78, 5) is 25.9. The molecule has 2 aromatic rings. The van der Waals surface area contributed by atoms with E-state index in [2.05, 4.69) is 31.2 Å². The summed E-state index contributed by atoms with van der Waals surface area (Å²) in [7, 11) is 0. The number of hydrogen-bond donors (Lipinski definition) is 1. The number of carbonyl (C=O) groups excluding carboxylic acids is 1. The molecule has 134 valence electrons. The van der Waals surface area contributed by atoms with E-state index in [1.807, 2.05) is 30.3 Å². The Morgan fingerprint density at radius 3 is 2.62 bits per heavy atom. The molecule has 2 atom stereocenters. The summed E-state index contributed by atoms with van der Waals surface area (Å²) in [6.07, 6.45) is 5.39. The van der Waals surface area contributed by atoms with Crippen LogP contribution in [0.15, 0.2) is 42.7 Å². The molecular weight excluding hydrogens is 326 g/mol. The number of hydrogen-bond acceptors (Lipinski definition) is 5. The predicted octanol–water partition coefficient (Wildman–Crippen LogP) is 2.26. The van der Waals surface area contributed by atoms with E-state index in [1.54, 1.807) is 6.33 Å². The minimum atomic E-state index is 0.0670. The fourth-order valence-electron chi connectivity index (χ4n) is 4.16. The lowest BCUT2D eigenvalue weighted by Crippen LogP contribution is -2.69. The van der Waals surface area contributed by atoms with Crippen LogP contribution in [-0.2, 0) is 4.79 Å². The van der Waals surface area contributed by atoms with E-state index in [9.17, 15) is 4.79 Å². The largest absolute Gasteiger partial charge is 0.353 e. The first-order chi connectivity index (χ1) is 12.8. The zero-order valence-corrected chi connectivity index (χ0v) is 14.7. The summed E-state index contributed by atoms with van der Waals surface area (Å²) < 4.78 is 0. The Kier molecular flexibility index (Phi) is 3.85. The van der Waals surface area contributed by atoms with Crippen molar-refractivity contribution in [3.05, 3.63) is 48.4 Å². The highest BCUT2D eigenvalue weighted by Gasteiger charge is 2.45. The molecule has 1 aromatic heterocycles. The van der Waals surface area contributed by atoms with Crippen LogP contribution in [0.25, 0.3) is 0 Å². The van der Waals surface area contributed by atoms with Gasteiger partial charge in [-0.25, -0.2) is 9.97 Å². The Morgan fingerprint density at radius 1 is 1.12 bits per heavy atom. The first-order valence-corrected chi connectivity index (χ1v) is 9.44. The molecule has 1 saturated carbocycles. The molecule has 0 radical (unpaired) electrons. The maximum atomic E-state index is 12.3. The minimum absolute atomic E-state index is 0.0670. The van der Waals surface area contributed by atoms with Crippen molar-refractivity contribution >= 4 is 17.4 Å². The highest BCUT2D eigenvalue weighted by atomic mass is 16.2. The fourth-order valence-corrected chi connectivity index (χ4v) is 4.16. The van der Waals surface area contributed by atoms with Gasteiger partial charge >= 0.3 is 0 Å². The number of aromatic nitrogens is 2. The summed E-state index contributed by atoms with van der Waals surface area (Å²) in [6.45, 7) is 2.35. The first kappa shape index (κ1) is 15.8. The third kappa shape index (κ3) is 3.05. The Hall–Kier alpha value is -2.47. The molecule has 26 heavy (non-hydrogen) atoms. The zero-order chi connectivity index (χ0) is 17.5. The Labute approximate surface area is 153 Å². The highest BCUT2D eigenvalue weighted by Crippen LogP contribution is 2.40. The van der Waals surface area contributed by atoms with Crippen molar-refractivity contribution in [2.45, 2.75) is 37.3 Å². The molecule has 1 N–H and O–H groups in total. The molecule has 1 aliphatic carbocycles. The van der Waals surface area contributed by atoms with Crippen LogP contribution >= 0.6 is 0 Å². The van der Waals surface area contributed by atoms with Gasteiger partial charge in [-0.15, -0.1) is 0 Å². The molecule has 0 spiro atoms. The number of fused-ring (bicyclic) bond motifs is 2. The first-order valence-electron chi connectivity index (χ1n) is 9.44. The number of benzene rings is 1. The van der Waals surface area contributed by atoms with E-state index in [-0.39, 0.29) is 5.91 Å². The molecular formula is C20H23N5O. The molecule has 3 aliphatic heterocycles. The number of para-hydroxylation sites is 1. The smallest absolute Gasteiger partial charge is 0.238 e. The van der Waals surface area contributed by atoms with Gasteiger partial charge in [0.15, 0.2) is 0 Å². The summed E-state index contributed by atoms with van der Waals surface area (Å²) in [5.41, 5.74) is 2.05. The van der Waals surface area contributed by atoms with Crippen molar-refractivity contribution in [3.63, 3.8) is 0 Å². The van der Waals surface area contributed by atoms with Gasteiger partial charge in [0.05, 0.1) is 6.54 Å². The maximum absolute atomic E-state index is 12.3. The van der Waals surface area contributed by atoms with Crippen molar-refractivity contribution in [2.24, 2.45) is 0 Å². The van der Waals surface area contributed by atoms with Crippen LogP contribution in [0.5, 0.6) is 0 Å². The van der Waals surface area contributed by atoms with Crippen LogP contribution in [-0.4, -0.2) is 52.5 Å². The second kappa shape index (κ2) is 6.36. The van der Waals surface area contributed by atoms with Crippen molar-refractivity contribution in [1.82, 2.24) is 14.9 Å². The predicted molar refractivity (Wildman–Crippen MR) is 100 cm³/mol. The number of piperazine rings is 1. The lowest BCUT2D eigenvalue weighted by molar-refractivity contribution is -0.121. The topological polar surface area (TPSA) is 61.4 Å². The number of nitrogens with one attached hydrogen (secondary N) is 1. The highest BCUT2D eigenvalue weighted by molar-refractivity contribution is 5.92. The monoisotopic (exact) mass is 349 g/mol. The molecule has 2 bridgehead atoms. The lowest BCUT2D eigenvalue weighted by atomic mass is 9.87. The van der Waals surface area contributed by atoms with Crippen LogP contribution in [0.3, 0.4) is 0 Å². The molecule has 1 amide bonds. The fraction of sp³-hybridized carbons (Fsp3) is 0.450. The lowest BCUT2D eigenvalue weighted by Gasteiger charge is -2.56. The zero-order valence-electron chi connectivity index (χ0n) is 14.7. The third-order valence-corrected chi connectivity index (χ3v) is 5.72. The van der Waals surface area contributed by atoms with E-state index in [1.165, 1.54) is 25.0 Å². The normalized spacial score (nSPS) is 24.8. The van der Waals surface area contributed by atoms with Crippen molar-refractivity contribution in [3.8, 4) is 0 Å². The van der Waals surface area contributed by atoms with Crippen LogP contribution in [0.1, 0.15) is 30.9 Å². The number of piperidine rings is 1. The Balaban J connectivity index is 1.19. The minimum Gasteiger partial charge on any atom is -0.353 e. The molecule has 4 aliphatic rings. The van der Waals surface area contributed by atoms with Crippen molar-refractivity contribution < 1.29 is 4.79 Å². The number of amides is 1. The van der Waals surface area contributed by atoms with E-state index in [0.717, 1.165) is 24.6 Å². The van der Waals surface area contributed by atoms with E-state index >= 15 is 0 Å². The molecule has 6 heteroatoms. The molecule has 4 fully saturated rings. The third-order valence-electron chi connectivity index (χ3n) is 5.72. The molecule has 4 heterocycles. The number of nitrogens with zero attached hydrogens (tertiary/aromatic N) is 4. The summed E-state index contributed by atoms with van der Waals surface area (Å²) in [5.74, 6) is 1.76. The number of carbonyl (C=O) groups is 1. The van der Waals surface area contributed by atoms with E-state index in [4.69, 9.17) is 0 Å². The van der Waals surface area contributed by atoms with Crippen LogP contribution in [0.2, 0.25) is 0 Å². The van der Waals surface area contributed by atoms with Crippen molar-refractivity contribution in [1.29, 1.82) is 0 Å². The van der Waals surface area contributed by atoms with Gasteiger partial charge in [-0.2, -0.15) is 0 Å². The van der Waals surface area contributed by atoms with E-state index in [0.29, 0.717) is 24.5 Å². The second-order valence-corrected chi connectivity index (χ2v) is 7.61. The van der Waals surface area contributed by atoms with Crippen LogP contribution in [0.4, 0.5) is 11.5 Å². The average Bonchev–Trinajstić information content (AvgIpc) is 3.52. The van der Waals surface area contributed by atoms with Gasteiger partial charge in [0.2, 0.25) is 5.91 Å². The molecule has 3 saturated heterocycles.